The second-order valence-electron chi connectivity index (χ2n) is 6.53. The average molecular weight is 429 g/mol. The summed E-state index contributed by atoms with van der Waals surface area (Å²) in [7, 11) is -2.63. The maximum Gasteiger partial charge on any atom is 0.243 e. The number of aryl methyl sites for hydroxylation is 1. The zero-order chi connectivity index (χ0) is 21.7. The Kier molecular flexibility index (Phi) is 6.43. The maximum absolute atomic E-state index is 13.0. The van der Waals surface area contributed by atoms with Gasteiger partial charge in [-0.3, -0.25) is 9.78 Å². The van der Waals surface area contributed by atoms with E-state index in [4.69, 9.17) is 4.74 Å². The molecule has 9 heteroatoms. The summed E-state index contributed by atoms with van der Waals surface area (Å²) in [6, 6.07) is 13.0. The van der Waals surface area contributed by atoms with E-state index >= 15 is 0 Å². The van der Waals surface area contributed by atoms with Gasteiger partial charge in [0.05, 0.1) is 17.6 Å². The molecular weight excluding hydrogens is 409 g/mol. The third-order valence-corrected chi connectivity index (χ3v) is 6.03. The van der Waals surface area contributed by atoms with Crippen LogP contribution in [0.4, 0.5) is 10.1 Å². The molecule has 1 amide bonds. The van der Waals surface area contributed by atoms with Crippen molar-refractivity contribution in [3.05, 3.63) is 78.4 Å². The summed E-state index contributed by atoms with van der Waals surface area (Å²) in [5.74, 6) is 0.145. The van der Waals surface area contributed by atoms with Crippen molar-refractivity contribution in [2.75, 3.05) is 18.9 Å². The second-order valence-corrected chi connectivity index (χ2v) is 8.58. The van der Waals surface area contributed by atoms with Gasteiger partial charge in [0.2, 0.25) is 15.9 Å². The maximum atomic E-state index is 13.0. The molecule has 7 nitrogen and oxygen atoms in total. The van der Waals surface area contributed by atoms with E-state index in [-0.39, 0.29) is 4.90 Å². The SMILES string of the molecule is Cc1cc(NC(=O)CN(C)S(=O)(=O)c2ccc(F)cc2)ccc1Oc1cccnc1. The molecule has 3 rings (SSSR count). The predicted molar refractivity (Wildman–Crippen MR) is 110 cm³/mol. The number of hydrogen-bond donors (Lipinski definition) is 1. The molecule has 0 aliphatic carbocycles. The van der Waals surface area contributed by atoms with Gasteiger partial charge in [-0.25, -0.2) is 12.8 Å². The van der Waals surface area contributed by atoms with Crippen LogP contribution in [0.3, 0.4) is 0 Å². The highest BCUT2D eigenvalue weighted by Crippen LogP contribution is 2.26. The van der Waals surface area contributed by atoms with E-state index in [1.165, 1.54) is 7.05 Å². The van der Waals surface area contributed by atoms with E-state index in [9.17, 15) is 17.6 Å². The molecule has 1 heterocycles. The molecule has 0 fully saturated rings. The van der Waals surface area contributed by atoms with Crippen LogP contribution in [0, 0.1) is 12.7 Å². The zero-order valence-corrected chi connectivity index (χ0v) is 17.2. The molecule has 0 unspecified atom stereocenters. The highest BCUT2D eigenvalue weighted by molar-refractivity contribution is 7.89. The molecule has 3 aromatic rings. The summed E-state index contributed by atoms with van der Waals surface area (Å²) in [6.07, 6.45) is 3.23. The molecule has 30 heavy (non-hydrogen) atoms. The number of likely N-dealkylation sites (N-methyl/N-ethyl adjacent to an activating group) is 1. The number of benzene rings is 2. The monoisotopic (exact) mass is 429 g/mol. The number of nitrogens with zero attached hydrogens (tertiary/aromatic N) is 2. The van der Waals surface area contributed by atoms with E-state index in [1.807, 2.05) is 6.92 Å². The summed E-state index contributed by atoms with van der Waals surface area (Å²) in [4.78, 5) is 16.2. The summed E-state index contributed by atoms with van der Waals surface area (Å²) in [6.45, 7) is 1.43. The molecule has 2 aromatic carbocycles. The Morgan fingerprint density at radius 2 is 1.90 bits per heavy atom. The molecule has 0 spiro atoms. The Bertz CT molecular complexity index is 1140. The first-order valence-corrected chi connectivity index (χ1v) is 10.4. The molecule has 0 saturated carbocycles. The van der Waals surface area contributed by atoms with E-state index in [0.29, 0.717) is 17.2 Å². The molecule has 0 radical (unpaired) electrons. The van der Waals surface area contributed by atoms with E-state index in [0.717, 1.165) is 34.1 Å². The normalized spacial score (nSPS) is 11.3. The van der Waals surface area contributed by atoms with Gasteiger partial charge in [0, 0.05) is 18.9 Å². The smallest absolute Gasteiger partial charge is 0.243 e. The fourth-order valence-electron chi connectivity index (χ4n) is 2.65. The standard InChI is InChI=1S/C21H20FN3O4S/c1-15-12-17(7-10-20(15)29-18-4-3-11-23-13-18)24-21(26)14-25(2)30(27,28)19-8-5-16(22)6-9-19/h3-13H,14H2,1-2H3,(H,24,26). The van der Waals surface area contributed by atoms with Crippen molar-refractivity contribution < 1.29 is 22.3 Å². The highest BCUT2D eigenvalue weighted by atomic mass is 32.2. The lowest BCUT2D eigenvalue weighted by Crippen LogP contribution is -2.35. The first-order valence-electron chi connectivity index (χ1n) is 8.96. The molecule has 0 atom stereocenters. The van der Waals surface area contributed by atoms with Crippen LogP contribution in [0.2, 0.25) is 0 Å². The number of nitrogens with one attached hydrogen (secondary N) is 1. The molecule has 0 aliphatic heterocycles. The number of amides is 1. The van der Waals surface area contributed by atoms with Gasteiger partial charge in [0.1, 0.15) is 17.3 Å². The minimum atomic E-state index is -3.91. The fraction of sp³-hybridized carbons (Fsp3) is 0.143. The van der Waals surface area contributed by atoms with Crippen molar-refractivity contribution in [3.8, 4) is 11.5 Å². The van der Waals surface area contributed by atoms with Gasteiger partial charge < -0.3 is 10.1 Å². The van der Waals surface area contributed by atoms with Crippen molar-refractivity contribution in [1.29, 1.82) is 0 Å². The number of carbonyl (C=O) groups is 1. The quantitative estimate of drug-likeness (QED) is 0.620. The number of aromatic nitrogens is 1. The lowest BCUT2D eigenvalue weighted by Gasteiger charge is -2.17. The molecule has 0 aliphatic rings. The van der Waals surface area contributed by atoms with Crippen LogP contribution in [0.5, 0.6) is 11.5 Å². The Morgan fingerprint density at radius 3 is 2.53 bits per heavy atom. The van der Waals surface area contributed by atoms with Gasteiger partial charge in [-0.2, -0.15) is 4.31 Å². The third-order valence-electron chi connectivity index (χ3n) is 4.21. The summed E-state index contributed by atoms with van der Waals surface area (Å²) in [5, 5.41) is 2.66. The molecule has 0 bridgehead atoms. The number of pyridine rings is 1. The van der Waals surface area contributed by atoms with Gasteiger partial charge in [0.25, 0.3) is 0 Å². The minimum Gasteiger partial charge on any atom is -0.455 e. The first kappa shape index (κ1) is 21.4. The van der Waals surface area contributed by atoms with Crippen LogP contribution in [-0.4, -0.2) is 37.2 Å². The van der Waals surface area contributed by atoms with Gasteiger partial charge in [-0.1, -0.05) is 0 Å². The Hall–Kier alpha value is -3.30. The van der Waals surface area contributed by atoms with Crippen molar-refractivity contribution >= 4 is 21.6 Å². The summed E-state index contributed by atoms with van der Waals surface area (Å²) in [5.41, 5.74) is 1.28. The lowest BCUT2D eigenvalue weighted by atomic mass is 10.2. The van der Waals surface area contributed by atoms with Crippen LogP contribution in [0.1, 0.15) is 5.56 Å². The molecule has 1 N–H and O–H groups in total. The van der Waals surface area contributed by atoms with Crippen LogP contribution in [-0.2, 0) is 14.8 Å². The summed E-state index contributed by atoms with van der Waals surface area (Å²) >= 11 is 0. The van der Waals surface area contributed by atoms with Crippen molar-refractivity contribution in [1.82, 2.24) is 9.29 Å². The number of ether oxygens (including phenoxy) is 1. The number of carbonyl (C=O) groups excluding carboxylic acids is 1. The number of rotatable bonds is 7. The van der Waals surface area contributed by atoms with Gasteiger partial charge in [-0.05, 0) is 67.1 Å². The minimum absolute atomic E-state index is 0.0908. The Morgan fingerprint density at radius 1 is 1.17 bits per heavy atom. The number of sulfonamides is 1. The molecular formula is C21H20FN3O4S. The fourth-order valence-corrected chi connectivity index (χ4v) is 3.78. The highest BCUT2D eigenvalue weighted by Gasteiger charge is 2.23. The Balaban J connectivity index is 1.64. The molecule has 1 aromatic heterocycles. The van der Waals surface area contributed by atoms with Crippen LogP contribution in [0.15, 0.2) is 71.9 Å². The van der Waals surface area contributed by atoms with Crippen molar-refractivity contribution in [2.24, 2.45) is 0 Å². The predicted octanol–water partition coefficient (Wildman–Crippen LogP) is 3.58. The van der Waals surface area contributed by atoms with E-state index in [1.54, 1.807) is 42.7 Å². The van der Waals surface area contributed by atoms with E-state index in [2.05, 4.69) is 10.3 Å². The number of halogens is 1. The topological polar surface area (TPSA) is 88.6 Å². The molecule has 0 saturated heterocycles. The number of anilines is 1. The van der Waals surface area contributed by atoms with Crippen molar-refractivity contribution in [2.45, 2.75) is 11.8 Å². The second kappa shape index (κ2) is 9.02. The van der Waals surface area contributed by atoms with Gasteiger partial charge in [-0.15, -0.1) is 0 Å². The first-order chi connectivity index (χ1) is 14.3. The van der Waals surface area contributed by atoms with Gasteiger partial charge in [0.15, 0.2) is 0 Å². The molecule has 156 valence electrons. The average Bonchev–Trinajstić information content (AvgIpc) is 2.71. The van der Waals surface area contributed by atoms with Gasteiger partial charge >= 0.3 is 0 Å². The Labute approximate surface area is 174 Å². The zero-order valence-electron chi connectivity index (χ0n) is 16.4. The third kappa shape index (κ3) is 5.19. The van der Waals surface area contributed by atoms with E-state index < -0.39 is 28.3 Å². The van der Waals surface area contributed by atoms with Crippen LogP contribution >= 0.6 is 0 Å². The van der Waals surface area contributed by atoms with Crippen LogP contribution in [0.25, 0.3) is 0 Å². The van der Waals surface area contributed by atoms with Crippen molar-refractivity contribution in [3.63, 3.8) is 0 Å². The summed E-state index contributed by atoms with van der Waals surface area (Å²) < 4.78 is 44.7. The lowest BCUT2D eigenvalue weighted by molar-refractivity contribution is -0.116. The van der Waals surface area contributed by atoms with Crippen LogP contribution < -0.4 is 10.1 Å². The number of hydrogen-bond acceptors (Lipinski definition) is 5. The largest absolute Gasteiger partial charge is 0.455 e.